The Bertz CT molecular complexity index is 537. The molecule has 0 heterocycles. The number of anilines is 2. The number of nitrogens with one attached hydrogen (secondary N) is 1. The number of nitrogens with two attached hydrogens (primary N) is 1. The van der Waals surface area contributed by atoms with Crippen LogP contribution in [0, 0.1) is 23.6 Å². The van der Waals surface area contributed by atoms with Crippen molar-refractivity contribution in [3.05, 3.63) is 17.9 Å². The lowest BCUT2D eigenvalue weighted by Crippen LogP contribution is -2.54. The van der Waals surface area contributed by atoms with Gasteiger partial charge < -0.3 is 15.8 Å². The number of benzene rings is 1. The summed E-state index contributed by atoms with van der Waals surface area (Å²) in [5, 5.41) is 3.69. The van der Waals surface area contributed by atoms with Gasteiger partial charge >= 0.3 is 0 Å². The molecule has 0 unspecified atom stereocenters. The van der Waals surface area contributed by atoms with E-state index in [4.69, 9.17) is 10.5 Å². The largest absolute Gasteiger partial charge is 0.494 e. The van der Waals surface area contributed by atoms with Crippen molar-refractivity contribution in [3.63, 3.8) is 0 Å². The topological polar surface area (TPSA) is 47.3 Å². The lowest BCUT2D eigenvalue weighted by Gasteiger charge is -2.57. The van der Waals surface area contributed by atoms with E-state index in [9.17, 15) is 4.39 Å². The van der Waals surface area contributed by atoms with Crippen LogP contribution in [0.15, 0.2) is 12.1 Å². The Hall–Kier alpha value is -1.45. The summed E-state index contributed by atoms with van der Waals surface area (Å²) in [7, 11) is 1.49. The molecule has 5 rings (SSSR count). The van der Waals surface area contributed by atoms with E-state index in [2.05, 4.69) is 5.32 Å². The van der Waals surface area contributed by atoms with Gasteiger partial charge in [0.05, 0.1) is 18.5 Å². The van der Waals surface area contributed by atoms with Crippen LogP contribution in [0.5, 0.6) is 5.75 Å². The Labute approximate surface area is 125 Å². The Morgan fingerprint density at radius 1 is 1.14 bits per heavy atom. The van der Waals surface area contributed by atoms with Crippen LogP contribution < -0.4 is 15.8 Å². The van der Waals surface area contributed by atoms with Crippen molar-refractivity contribution in [1.29, 1.82) is 0 Å². The van der Waals surface area contributed by atoms with Crippen LogP contribution in [0.4, 0.5) is 15.8 Å². The predicted molar refractivity (Wildman–Crippen MR) is 81.9 cm³/mol. The van der Waals surface area contributed by atoms with Crippen LogP contribution in [0.25, 0.3) is 0 Å². The standard InChI is InChI=1S/C17H23FN2O/c1-21-16-6-15(14(19)5-13(16)18)20-17-7-10-2-11(8-17)4-12(3-10)9-17/h5-6,10-12,20H,2-4,7-9,19H2,1H3. The molecular formula is C17H23FN2O. The fourth-order valence-electron chi connectivity index (χ4n) is 5.38. The number of rotatable bonds is 3. The Morgan fingerprint density at radius 3 is 2.24 bits per heavy atom. The van der Waals surface area contributed by atoms with E-state index < -0.39 is 5.82 Å². The summed E-state index contributed by atoms with van der Waals surface area (Å²) < 4.78 is 18.8. The molecule has 0 atom stereocenters. The van der Waals surface area contributed by atoms with Gasteiger partial charge in [-0.15, -0.1) is 0 Å². The van der Waals surface area contributed by atoms with Crippen molar-refractivity contribution < 1.29 is 9.13 Å². The van der Waals surface area contributed by atoms with E-state index >= 15 is 0 Å². The van der Waals surface area contributed by atoms with Gasteiger partial charge in [0.25, 0.3) is 0 Å². The number of ether oxygens (including phenoxy) is 1. The summed E-state index contributed by atoms with van der Waals surface area (Å²) in [4.78, 5) is 0. The van der Waals surface area contributed by atoms with E-state index in [1.165, 1.54) is 51.7 Å². The highest BCUT2D eigenvalue weighted by Crippen LogP contribution is 2.56. The second-order valence-corrected chi connectivity index (χ2v) is 7.40. The third-order valence-corrected chi connectivity index (χ3v) is 5.76. The molecule has 3 N–H and O–H groups in total. The molecule has 0 aromatic heterocycles. The quantitative estimate of drug-likeness (QED) is 0.832. The van der Waals surface area contributed by atoms with Crippen LogP contribution in [-0.4, -0.2) is 12.6 Å². The second-order valence-electron chi connectivity index (χ2n) is 7.40. The van der Waals surface area contributed by atoms with Gasteiger partial charge in [-0.1, -0.05) is 0 Å². The second kappa shape index (κ2) is 4.52. The molecule has 0 saturated heterocycles. The van der Waals surface area contributed by atoms with Crippen molar-refractivity contribution in [3.8, 4) is 5.75 Å². The number of nitrogen functional groups attached to an aromatic ring is 1. The smallest absolute Gasteiger partial charge is 0.167 e. The average molecular weight is 290 g/mol. The number of hydrogen-bond acceptors (Lipinski definition) is 3. The third-order valence-electron chi connectivity index (χ3n) is 5.76. The number of methoxy groups -OCH3 is 1. The lowest BCUT2D eigenvalue weighted by atomic mass is 9.53. The zero-order valence-electron chi connectivity index (χ0n) is 12.5. The Morgan fingerprint density at radius 2 is 1.71 bits per heavy atom. The van der Waals surface area contributed by atoms with Gasteiger partial charge in [-0.25, -0.2) is 4.39 Å². The normalized spacial score (nSPS) is 36.8. The highest BCUT2D eigenvalue weighted by atomic mass is 19.1. The van der Waals surface area contributed by atoms with E-state index in [0.717, 1.165) is 23.4 Å². The molecule has 0 radical (unpaired) electrons. The van der Waals surface area contributed by atoms with Crippen LogP contribution in [-0.2, 0) is 0 Å². The van der Waals surface area contributed by atoms with Crippen molar-refractivity contribution in [1.82, 2.24) is 0 Å². The zero-order valence-corrected chi connectivity index (χ0v) is 12.5. The molecule has 4 aliphatic carbocycles. The lowest BCUT2D eigenvalue weighted by molar-refractivity contribution is 0.0107. The molecule has 1 aromatic rings. The molecule has 4 fully saturated rings. The minimum atomic E-state index is -0.397. The van der Waals surface area contributed by atoms with Gasteiger partial charge in [-0.2, -0.15) is 0 Å². The molecule has 4 saturated carbocycles. The third kappa shape index (κ3) is 2.16. The summed E-state index contributed by atoms with van der Waals surface area (Å²) in [5.41, 5.74) is 7.49. The molecule has 4 heteroatoms. The first-order valence-corrected chi connectivity index (χ1v) is 7.98. The molecule has 0 aliphatic heterocycles. The maximum absolute atomic E-state index is 13.7. The van der Waals surface area contributed by atoms with Crippen molar-refractivity contribution in [2.24, 2.45) is 17.8 Å². The summed E-state index contributed by atoms with van der Waals surface area (Å²) in [6, 6.07) is 3.07. The molecule has 4 bridgehead atoms. The van der Waals surface area contributed by atoms with Gasteiger partial charge in [-0.05, 0) is 56.3 Å². The van der Waals surface area contributed by atoms with Crippen LogP contribution in [0.1, 0.15) is 38.5 Å². The number of hydrogen-bond donors (Lipinski definition) is 2. The summed E-state index contributed by atoms with van der Waals surface area (Å²) in [6.45, 7) is 0. The monoisotopic (exact) mass is 290 g/mol. The van der Waals surface area contributed by atoms with E-state index in [0.29, 0.717) is 5.69 Å². The summed E-state index contributed by atoms with van der Waals surface area (Å²) in [6.07, 6.45) is 7.92. The highest BCUT2D eigenvalue weighted by molar-refractivity contribution is 5.69. The average Bonchev–Trinajstić information content (AvgIpc) is 2.40. The maximum atomic E-state index is 13.7. The van der Waals surface area contributed by atoms with Gasteiger partial charge in [0.2, 0.25) is 0 Å². The molecule has 21 heavy (non-hydrogen) atoms. The van der Waals surface area contributed by atoms with Gasteiger partial charge in [0, 0.05) is 17.7 Å². The minimum absolute atomic E-state index is 0.172. The fraction of sp³-hybridized carbons (Fsp3) is 0.647. The van der Waals surface area contributed by atoms with Crippen LogP contribution >= 0.6 is 0 Å². The maximum Gasteiger partial charge on any atom is 0.167 e. The minimum Gasteiger partial charge on any atom is -0.494 e. The summed E-state index contributed by atoms with van der Waals surface area (Å²) in [5.74, 6) is 2.47. The van der Waals surface area contributed by atoms with E-state index in [-0.39, 0.29) is 11.3 Å². The number of halogens is 1. The molecule has 0 spiro atoms. The molecule has 0 amide bonds. The van der Waals surface area contributed by atoms with Crippen molar-refractivity contribution in [2.45, 2.75) is 44.1 Å². The van der Waals surface area contributed by atoms with Crippen LogP contribution in [0.3, 0.4) is 0 Å². The Balaban J connectivity index is 1.64. The predicted octanol–water partition coefficient (Wildman–Crippen LogP) is 3.80. The van der Waals surface area contributed by atoms with E-state index in [1.54, 1.807) is 6.07 Å². The molecular weight excluding hydrogens is 267 g/mol. The SMILES string of the molecule is COc1cc(NC23CC4CC(CC(C4)C2)C3)c(N)cc1F. The summed E-state index contributed by atoms with van der Waals surface area (Å²) >= 11 is 0. The zero-order chi connectivity index (χ0) is 14.6. The molecule has 4 aliphatic rings. The molecule has 3 nitrogen and oxygen atoms in total. The van der Waals surface area contributed by atoms with Crippen molar-refractivity contribution in [2.75, 3.05) is 18.2 Å². The van der Waals surface area contributed by atoms with Gasteiger partial charge in [0.15, 0.2) is 11.6 Å². The highest BCUT2D eigenvalue weighted by Gasteiger charge is 2.51. The first kappa shape index (κ1) is 13.2. The first-order chi connectivity index (χ1) is 10.1. The first-order valence-electron chi connectivity index (χ1n) is 7.98. The Kier molecular flexibility index (Phi) is 2.85. The van der Waals surface area contributed by atoms with Crippen LogP contribution in [0.2, 0.25) is 0 Å². The van der Waals surface area contributed by atoms with Crippen molar-refractivity contribution >= 4 is 11.4 Å². The molecule has 114 valence electrons. The fourth-order valence-corrected chi connectivity index (χ4v) is 5.38. The van der Waals surface area contributed by atoms with E-state index in [1.807, 2.05) is 0 Å². The molecule has 1 aromatic carbocycles. The van der Waals surface area contributed by atoms with Gasteiger partial charge in [-0.3, -0.25) is 0 Å². The van der Waals surface area contributed by atoms with Gasteiger partial charge in [0.1, 0.15) is 0 Å².